The predicted molar refractivity (Wildman–Crippen MR) is 116 cm³/mol. The summed E-state index contributed by atoms with van der Waals surface area (Å²) < 4.78 is 14.5. The Morgan fingerprint density at radius 2 is 2.03 bits per heavy atom. The first-order chi connectivity index (χ1) is 15.7. The van der Waals surface area contributed by atoms with Crippen LogP contribution in [0.25, 0.3) is 22.4 Å². The maximum absolute atomic E-state index is 14.5. The second-order valence-corrected chi connectivity index (χ2v) is 7.77. The van der Waals surface area contributed by atoms with E-state index in [-0.39, 0.29) is 23.8 Å². The third kappa shape index (κ3) is 4.11. The molecule has 32 heavy (non-hydrogen) atoms. The molecule has 0 aliphatic heterocycles. The minimum Gasteiger partial charge on any atom is -0.365 e. The highest BCUT2D eigenvalue weighted by atomic mass is 19.1. The van der Waals surface area contributed by atoms with Gasteiger partial charge in [-0.15, -0.1) is 0 Å². The Hall–Kier alpha value is -3.95. The van der Waals surface area contributed by atoms with Crippen molar-refractivity contribution in [1.29, 1.82) is 0 Å². The first-order valence-electron chi connectivity index (χ1n) is 10.5. The van der Waals surface area contributed by atoms with Crippen LogP contribution in [0.2, 0.25) is 0 Å². The summed E-state index contributed by atoms with van der Waals surface area (Å²) in [5.74, 6) is -0.202. The maximum atomic E-state index is 14.5. The summed E-state index contributed by atoms with van der Waals surface area (Å²) in [6.07, 6.45) is 10.9. The van der Waals surface area contributed by atoms with Gasteiger partial charge in [0.2, 0.25) is 0 Å². The standard InChI is InChI=1S/C22H21FN8O/c23-17-11-27-20(16-10-26-19-15(16)9-24-12-28-19)31-21(17)29-13-4-3-5-14(8-13)30-22(32)18-6-1-2-7-25-18/h1-2,6-7,9-14H,3-5,8H2,(H,30,32)(H,24,26,28)(H,27,29,31). The Morgan fingerprint density at radius 3 is 2.91 bits per heavy atom. The van der Waals surface area contributed by atoms with Crippen LogP contribution in [0.3, 0.4) is 0 Å². The summed E-state index contributed by atoms with van der Waals surface area (Å²) >= 11 is 0. The van der Waals surface area contributed by atoms with Crippen LogP contribution in [-0.2, 0) is 0 Å². The molecule has 4 heterocycles. The first kappa shape index (κ1) is 20.0. The van der Waals surface area contributed by atoms with Crippen LogP contribution in [0.4, 0.5) is 10.2 Å². The SMILES string of the molecule is O=C(NC1CCCC(Nc2nc(-c3c[nH]c4ncncc34)ncc2F)C1)c1ccccn1. The molecule has 10 heteroatoms. The summed E-state index contributed by atoms with van der Waals surface area (Å²) in [7, 11) is 0. The van der Waals surface area contributed by atoms with Crippen molar-refractivity contribution in [2.24, 2.45) is 0 Å². The van der Waals surface area contributed by atoms with E-state index in [0.717, 1.165) is 30.8 Å². The second-order valence-electron chi connectivity index (χ2n) is 7.77. The lowest BCUT2D eigenvalue weighted by molar-refractivity contribution is 0.0921. The van der Waals surface area contributed by atoms with Gasteiger partial charge in [0.05, 0.1) is 6.20 Å². The molecule has 2 atom stereocenters. The molecule has 2 unspecified atom stereocenters. The summed E-state index contributed by atoms with van der Waals surface area (Å²) in [4.78, 5) is 36.3. The van der Waals surface area contributed by atoms with E-state index < -0.39 is 5.82 Å². The number of anilines is 1. The molecule has 1 saturated carbocycles. The lowest BCUT2D eigenvalue weighted by atomic mass is 9.91. The molecule has 9 nitrogen and oxygen atoms in total. The van der Waals surface area contributed by atoms with Gasteiger partial charge in [-0.1, -0.05) is 6.07 Å². The Kier molecular flexibility index (Phi) is 5.40. The van der Waals surface area contributed by atoms with Gasteiger partial charge >= 0.3 is 0 Å². The minimum absolute atomic E-state index is 0.0223. The fraction of sp³-hybridized carbons (Fsp3) is 0.273. The number of halogens is 1. The van der Waals surface area contributed by atoms with Gasteiger partial charge < -0.3 is 15.6 Å². The average Bonchev–Trinajstić information content (AvgIpc) is 3.26. The molecule has 4 aromatic heterocycles. The largest absolute Gasteiger partial charge is 0.365 e. The van der Waals surface area contributed by atoms with E-state index in [1.807, 2.05) is 0 Å². The highest BCUT2D eigenvalue weighted by Gasteiger charge is 2.25. The van der Waals surface area contributed by atoms with Crippen LogP contribution in [0.5, 0.6) is 0 Å². The van der Waals surface area contributed by atoms with Gasteiger partial charge in [-0.3, -0.25) is 9.78 Å². The number of fused-ring (bicyclic) bond motifs is 1. The summed E-state index contributed by atoms with van der Waals surface area (Å²) in [5, 5.41) is 7.01. The predicted octanol–water partition coefficient (Wildman–Crippen LogP) is 3.10. The van der Waals surface area contributed by atoms with E-state index in [0.29, 0.717) is 29.1 Å². The van der Waals surface area contributed by atoms with Crippen molar-refractivity contribution < 1.29 is 9.18 Å². The molecule has 1 aliphatic rings. The van der Waals surface area contributed by atoms with Crippen molar-refractivity contribution in [3.63, 3.8) is 0 Å². The molecule has 162 valence electrons. The molecular formula is C22H21FN8O. The Morgan fingerprint density at radius 1 is 1.12 bits per heavy atom. The molecule has 4 aromatic rings. The molecule has 1 amide bonds. The number of carbonyl (C=O) groups is 1. The quantitative estimate of drug-likeness (QED) is 0.443. The van der Waals surface area contributed by atoms with Crippen LogP contribution in [0.15, 0.2) is 49.3 Å². The number of pyridine rings is 1. The van der Waals surface area contributed by atoms with E-state index in [9.17, 15) is 9.18 Å². The number of nitrogens with one attached hydrogen (secondary N) is 3. The van der Waals surface area contributed by atoms with Gasteiger partial charge in [-0.25, -0.2) is 24.3 Å². The monoisotopic (exact) mass is 432 g/mol. The number of hydrogen-bond acceptors (Lipinski definition) is 7. The van der Waals surface area contributed by atoms with E-state index >= 15 is 0 Å². The normalized spacial score (nSPS) is 18.4. The molecule has 3 N–H and O–H groups in total. The number of aromatic nitrogens is 6. The Labute approximate surface area is 183 Å². The van der Waals surface area contributed by atoms with Gasteiger partial charge in [0.1, 0.15) is 17.7 Å². The molecule has 0 saturated heterocycles. The third-order valence-electron chi connectivity index (χ3n) is 5.59. The van der Waals surface area contributed by atoms with E-state index in [4.69, 9.17) is 0 Å². The van der Waals surface area contributed by atoms with Gasteiger partial charge in [0.25, 0.3) is 5.91 Å². The third-order valence-corrected chi connectivity index (χ3v) is 5.59. The van der Waals surface area contributed by atoms with Crippen LogP contribution in [0, 0.1) is 5.82 Å². The zero-order valence-electron chi connectivity index (χ0n) is 17.1. The number of H-pyrrole nitrogens is 1. The molecule has 1 aliphatic carbocycles. The van der Waals surface area contributed by atoms with Crippen molar-refractivity contribution in [2.75, 3.05) is 5.32 Å². The minimum atomic E-state index is -0.524. The van der Waals surface area contributed by atoms with Gasteiger partial charge in [-0.2, -0.15) is 0 Å². The van der Waals surface area contributed by atoms with Gasteiger partial charge in [-0.05, 0) is 37.8 Å². The molecule has 0 spiro atoms. The fourth-order valence-electron chi connectivity index (χ4n) is 4.04. The summed E-state index contributed by atoms with van der Waals surface area (Å²) in [6, 6.07) is 5.18. The Bertz CT molecular complexity index is 1250. The number of rotatable bonds is 5. The number of hydrogen-bond donors (Lipinski definition) is 3. The lowest BCUT2D eigenvalue weighted by Crippen LogP contribution is -2.42. The fourth-order valence-corrected chi connectivity index (χ4v) is 4.04. The molecular weight excluding hydrogens is 411 g/mol. The van der Waals surface area contributed by atoms with E-state index in [1.54, 1.807) is 36.8 Å². The summed E-state index contributed by atoms with van der Waals surface area (Å²) in [6.45, 7) is 0. The molecule has 0 bridgehead atoms. The highest BCUT2D eigenvalue weighted by molar-refractivity contribution is 5.92. The lowest BCUT2D eigenvalue weighted by Gasteiger charge is -2.30. The number of amides is 1. The van der Waals surface area contributed by atoms with Crippen LogP contribution in [-0.4, -0.2) is 47.9 Å². The number of nitrogens with zero attached hydrogens (tertiary/aromatic N) is 5. The topological polar surface area (TPSA) is 121 Å². The molecule has 1 fully saturated rings. The average molecular weight is 432 g/mol. The molecule has 0 radical (unpaired) electrons. The highest BCUT2D eigenvalue weighted by Crippen LogP contribution is 2.27. The molecule has 5 rings (SSSR count). The second kappa shape index (κ2) is 8.66. The van der Waals surface area contributed by atoms with E-state index in [2.05, 4.69) is 40.5 Å². The molecule has 0 aromatic carbocycles. The van der Waals surface area contributed by atoms with Crippen molar-refractivity contribution in [3.05, 3.63) is 60.8 Å². The zero-order chi connectivity index (χ0) is 21.9. The van der Waals surface area contributed by atoms with E-state index in [1.165, 1.54) is 6.33 Å². The van der Waals surface area contributed by atoms with Crippen LogP contribution < -0.4 is 10.6 Å². The summed E-state index contributed by atoms with van der Waals surface area (Å²) in [5.41, 5.74) is 1.75. The number of aromatic amines is 1. The Balaban J connectivity index is 1.30. The zero-order valence-corrected chi connectivity index (χ0v) is 17.1. The van der Waals surface area contributed by atoms with Crippen molar-refractivity contribution in [1.82, 2.24) is 35.2 Å². The van der Waals surface area contributed by atoms with Gasteiger partial charge in [0, 0.05) is 41.6 Å². The number of carbonyl (C=O) groups excluding carboxylic acids is 1. The van der Waals surface area contributed by atoms with Crippen molar-refractivity contribution in [2.45, 2.75) is 37.8 Å². The maximum Gasteiger partial charge on any atom is 0.270 e. The smallest absolute Gasteiger partial charge is 0.270 e. The van der Waals surface area contributed by atoms with Crippen molar-refractivity contribution >= 4 is 22.8 Å². The first-order valence-corrected chi connectivity index (χ1v) is 10.5. The van der Waals surface area contributed by atoms with Gasteiger partial charge in [0.15, 0.2) is 17.5 Å². The van der Waals surface area contributed by atoms with Crippen LogP contribution >= 0.6 is 0 Å². The van der Waals surface area contributed by atoms with Crippen molar-refractivity contribution in [3.8, 4) is 11.4 Å². The van der Waals surface area contributed by atoms with Crippen LogP contribution in [0.1, 0.15) is 36.2 Å².